The van der Waals surface area contributed by atoms with Gasteiger partial charge < -0.3 is 9.40 Å². The Morgan fingerprint density at radius 3 is 2.66 bits per heavy atom. The summed E-state index contributed by atoms with van der Waals surface area (Å²) in [4.78, 5) is 22.6. The van der Waals surface area contributed by atoms with Crippen molar-refractivity contribution < 1.29 is 4.42 Å². The van der Waals surface area contributed by atoms with E-state index in [1.807, 2.05) is 6.07 Å². The first-order chi connectivity index (χ1) is 14.1. The monoisotopic (exact) mass is 444 g/mol. The zero-order valence-electron chi connectivity index (χ0n) is 15.6. The van der Waals surface area contributed by atoms with Crippen LogP contribution >= 0.6 is 34.5 Å². The molecule has 0 saturated carbocycles. The zero-order chi connectivity index (χ0) is 20.0. The smallest absolute Gasteiger partial charge is 0.260 e. The van der Waals surface area contributed by atoms with Gasteiger partial charge in [-0.1, -0.05) is 36.0 Å². The van der Waals surface area contributed by atoms with Crippen molar-refractivity contribution in [1.82, 2.24) is 9.97 Å². The number of benzene rings is 1. The third-order valence-corrected chi connectivity index (χ3v) is 7.11. The Kier molecular flexibility index (Phi) is 4.98. The van der Waals surface area contributed by atoms with E-state index in [4.69, 9.17) is 32.6 Å². The molecule has 0 bridgehead atoms. The largest absolute Gasteiger partial charge is 0.453 e. The van der Waals surface area contributed by atoms with Gasteiger partial charge in [0.05, 0.1) is 10.4 Å². The SMILES string of the molecule is O=c1[nH]c(-c2ccc(-c3cc(Cl)ccc3Cl)o2)nc2sc3c(c12)CCCCCC3. The zero-order valence-corrected chi connectivity index (χ0v) is 17.9. The van der Waals surface area contributed by atoms with Crippen LogP contribution in [0, 0.1) is 0 Å². The first kappa shape index (κ1) is 18.9. The fourth-order valence-corrected chi connectivity index (χ4v) is 5.58. The molecule has 0 saturated heterocycles. The van der Waals surface area contributed by atoms with Crippen molar-refractivity contribution in [1.29, 1.82) is 0 Å². The standard InChI is InChI=1S/C22H18Cl2N2O2S/c23-12-7-8-15(24)14(11-12)16-9-10-17(28-16)20-25-21(27)19-13-5-3-1-2-4-6-18(13)29-22(19)26-20/h7-11H,1-6H2,(H,25,26,27). The number of aryl methyl sites for hydroxylation is 2. The second-order valence-electron chi connectivity index (χ2n) is 7.30. The summed E-state index contributed by atoms with van der Waals surface area (Å²) >= 11 is 14.0. The van der Waals surface area contributed by atoms with Crippen LogP contribution in [0.5, 0.6) is 0 Å². The van der Waals surface area contributed by atoms with Gasteiger partial charge in [-0.25, -0.2) is 4.98 Å². The number of hydrogen-bond acceptors (Lipinski definition) is 4. The van der Waals surface area contributed by atoms with Crippen molar-refractivity contribution in [2.24, 2.45) is 0 Å². The van der Waals surface area contributed by atoms with Crippen LogP contribution in [0.3, 0.4) is 0 Å². The van der Waals surface area contributed by atoms with E-state index in [1.54, 1.807) is 35.6 Å². The fourth-order valence-electron chi connectivity index (χ4n) is 3.93. The Morgan fingerprint density at radius 2 is 1.79 bits per heavy atom. The number of aromatic amines is 1. The summed E-state index contributed by atoms with van der Waals surface area (Å²) < 4.78 is 5.97. The highest BCUT2D eigenvalue weighted by atomic mass is 35.5. The first-order valence-electron chi connectivity index (χ1n) is 9.70. The maximum absolute atomic E-state index is 12.9. The highest BCUT2D eigenvalue weighted by Gasteiger charge is 2.20. The van der Waals surface area contributed by atoms with Gasteiger partial charge in [-0.2, -0.15) is 0 Å². The van der Waals surface area contributed by atoms with Crippen LogP contribution in [0.25, 0.3) is 33.1 Å². The lowest BCUT2D eigenvalue weighted by Gasteiger charge is -2.08. The molecule has 0 aliphatic heterocycles. The van der Waals surface area contributed by atoms with Crippen molar-refractivity contribution >= 4 is 44.8 Å². The van der Waals surface area contributed by atoms with E-state index in [2.05, 4.69) is 4.98 Å². The number of nitrogens with zero attached hydrogens (tertiary/aromatic N) is 1. The molecule has 3 heterocycles. The van der Waals surface area contributed by atoms with Gasteiger partial charge in [0.2, 0.25) is 0 Å². The highest BCUT2D eigenvalue weighted by Crippen LogP contribution is 2.36. The van der Waals surface area contributed by atoms with E-state index in [1.165, 1.54) is 29.7 Å². The average Bonchev–Trinajstić information content (AvgIpc) is 3.29. The maximum Gasteiger partial charge on any atom is 0.260 e. The van der Waals surface area contributed by atoms with Crippen LogP contribution in [-0.4, -0.2) is 9.97 Å². The van der Waals surface area contributed by atoms with Crippen LogP contribution in [-0.2, 0) is 12.8 Å². The van der Waals surface area contributed by atoms with E-state index < -0.39 is 0 Å². The highest BCUT2D eigenvalue weighted by molar-refractivity contribution is 7.18. The molecule has 0 radical (unpaired) electrons. The molecule has 5 rings (SSSR count). The van der Waals surface area contributed by atoms with Crippen LogP contribution in [0.1, 0.15) is 36.1 Å². The molecule has 3 aromatic heterocycles. The molecule has 1 N–H and O–H groups in total. The van der Waals surface area contributed by atoms with Crippen molar-refractivity contribution in [2.75, 3.05) is 0 Å². The molecular weight excluding hydrogens is 427 g/mol. The van der Waals surface area contributed by atoms with Gasteiger partial charge in [-0.05, 0) is 61.6 Å². The number of thiophene rings is 1. The lowest BCUT2D eigenvalue weighted by molar-refractivity contribution is 0.592. The summed E-state index contributed by atoms with van der Waals surface area (Å²) in [6.07, 6.45) is 6.76. The molecule has 0 amide bonds. The molecule has 4 nitrogen and oxygen atoms in total. The predicted octanol–water partition coefficient (Wildman–Crippen LogP) is 6.88. The number of H-pyrrole nitrogens is 1. The quantitative estimate of drug-likeness (QED) is 0.366. The number of aromatic nitrogens is 2. The average molecular weight is 445 g/mol. The van der Waals surface area contributed by atoms with Gasteiger partial charge >= 0.3 is 0 Å². The van der Waals surface area contributed by atoms with Gasteiger partial charge in [-0.15, -0.1) is 11.3 Å². The molecule has 1 aliphatic rings. The molecule has 7 heteroatoms. The molecule has 1 aromatic carbocycles. The second kappa shape index (κ2) is 7.63. The van der Waals surface area contributed by atoms with E-state index in [0.29, 0.717) is 33.0 Å². The molecule has 0 spiro atoms. The minimum atomic E-state index is -0.0955. The third-order valence-electron chi connectivity index (χ3n) is 5.36. The molecule has 29 heavy (non-hydrogen) atoms. The molecular formula is C22H18Cl2N2O2S. The van der Waals surface area contributed by atoms with Gasteiger partial charge in [0.25, 0.3) is 5.56 Å². The van der Waals surface area contributed by atoms with E-state index in [-0.39, 0.29) is 5.56 Å². The molecule has 148 valence electrons. The maximum atomic E-state index is 12.9. The van der Waals surface area contributed by atoms with Gasteiger partial charge in [0, 0.05) is 15.5 Å². The second-order valence-corrected chi connectivity index (χ2v) is 9.23. The summed E-state index contributed by atoms with van der Waals surface area (Å²) in [6.45, 7) is 0. The summed E-state index contributed by atoms with van der Waals surface area (Å²) in [5, 5.41) is 1.87. The topological polar surface area (TPSA) is 58.9 Å². The van der Waals surface area contributed by atoms with Crippen LogP contribution < -0.4 is 5.56 Å². The summed E-state index contributed by atoms with van der Waals surface area (Å²) in [6, 6.07) is 8.82. The summed E-state index contributed by atoms with van der Waals surface area (Å²) in [5.74, 6) is 1.51. The summed E-state index contributed by atoms with van der Waals surface area (Å²) in [7, 11) is 0. The Morgan fingerprint density at radius 1 is 1.00 bits per heavy atom. The van der Waals surface area contributed by atoms with Crippen LogP contribution in [0.4, 0.5) is 0 Å². The molecule has 4 aromatic rings. The van der Waals surface area contributed by atoms with Crippen molar-refractivity contribution in [3.63, 3.8) is 0 Å². The minimum Gasteiger partial charge on any atom is -0.453 e. The lowest BCUT2D eigenvalue weighted by Crippen LogP contribution is -2.10. The lowest BCUT2D eigenvalue weighted by atomic mass is 9.98. The van der Waals surface area contributed by atoms with Crippen LogP contribution in [0.2, 0.25) is 10.0 Å². The van der Waals surface area contributed by atoms with Crippen molar-refractivity contribution in [3.8, 4) is 22.9 Å². The molecule has 0 unspecified atom stereocenters. The number of furan rings is 1. The van der Waals surface area contributed by atoms with Gasteiger partial charge in [0.1, 0.15) is 10.6 Å². The fraction of sp³-hybridized carbons (Fsp3) is 0.273. The number of halogens is 2. The van der Waals surface area contributed by atoms with Crippen molar-refractivity contribution in [2.45, 2.75) is 38.5 Å². The summed E-state index contributed by atoms with van der Waals surface area (Å²) in [5.41, 5.74) is 1.80. The van der Waals surface area contributed by atoms with Crippen LogP contribution in [0.15, 0.2) is 39.5 Å². The molecule has 1 aliphatic carbocycles. The molecule has 0 atom stereocenters. The number of rotatable bonds is 2. The first-order valence-corrected chi connectivity index (χ1v) is 11.3. The Labute approximate surface area is 181 Å². The Hall–Kier alpha value is -2.08. The van der Waals surface area contributed by atoms with E-state index in [0.717, 1.165) is 29.5 Å². The van der Waals surface area contributed by atoms with Crippen molar-refractivity contribution in [3.05, 3.63) is 61.2 Å². The number of hydrogen-bond donors (Lipinski definition) is 1. The predicted molar refractivity (Wildman–Crippen MR) is 119 cm³/mol. The van der Waals surface area contributed by atoms with Gasteiger partial charge in [0.15, 0.2) is 11.6 Å². The third kappa shape index (κ3) is 3.52. The minimum absolute atomic E-state index is 0.0955. The molecule has 0 fully saturated rings. The number of nitrogens with one attached hydrogen (secondary N) is 1. The number of fused-ring (bicyclic) bond motifs is 3. The Balaban J connectivity index is 1.59. The van der Waals surface area contributed by atoms with Gasteiger partial charge in [-0.3, -0.25) is 4.79 Å². The van der Waals surface area contributed by atoms with E-state index >= 15 is 0 Å². The Bertz CT molecular complexity index is 1270. The van der Waals surface area contributed by atoms with E-state index in [9.17, 15) is 4.79 Å². The normalized spacial score (nSPS) is 14.6.